The molecule has 2 atom stereocenters. The van der Waals surface area contributed by atoms with E-state index >= 15 is 0 Å². The van der Waals surface area contributed by atoms with Crippen molar-refractivity contribution in [1.82, 2.24) is 5.32 Å². The fraction of sp³-hybridized carbons (Fsp3) is 0.600. The van der Waals surface area contributed by atoms with E-state index in [-0.39, 0.29) is 0 Å². The summed E-state index contributed by atoms with van der Waals surface area (Å²) in [5.41, 5.74) is 4.76. The minimum absolute atomic E-state index is 0.860. The van der Waals surface area contributed by atoms with Gasteiger partial charge in [-0.15, -0.1) is 0 Å². The molecule has 0 spiro atoms. The number of benzene rings is 1. The molecule has 1 N–H and O–H groups in total. The summed E-state index contributed by atoms with van der Waals surface area (Å²) >= 11 is 0. The summed E-state index contributed by atoms with van der Waals surface area (Å²) in [5, 5.41) is 3.55. The van der Waals surface area contributed by atoms with E-state index in [4.69, 9.17) is 0 Å². The van der Waals surface area contributed by atoms with Gasteiger partial charge in [-0.3, -0.25) is 0 Å². The molecule has 0 saturated heterocycles. The van der Waals surface area contributed by atoms with Crippen molar-refractivity contribution >= 4 is 5.69 Å². The molecule has 0 aromatic heterocycles. The van der Waals surface area contributed by atoms with Gasteiger partial charge in [-0.2, -0.15) is 0 Å². The third-order valence-corrected chi connectivity index (χ3v) is 4.85. The zero-order valence-electron chi connectivity index (χ0n) is 10.3. The summed E-state index contributed by atoms with van der Waals surface area (Å²) in [6.07, 6.45) is 4.30. The molecule has 0 amide bonds. The summed E-state index contributed by atoms with van der Waals surface area (Å²) in [5.74, 6) is 1.79. The van der Waals surface area contributed by atoms with Gasteiger partial charge < -0.3 is 10.2 Å². The molecule has 1 unspecified atom stereocenters. The van der Waals surface area contributed by atoms with Gasteiger partial charge in [-0.25, -0.2) is 0 Å². The van der Waals surface area contributed by atoms with Gasteiger partial charge in [0.05, 0.1) is 0 Å². The number of hydrogen-bond donors (Lipinski definition) is 1. The predicted molar refractivity (Wildman–Crippen MR) is 70.4 cm³/mol. The Labute approximate surface area is 103 Å². The number of anilines is 1. The van der Waals surface area contributed by atoms with Crippen molar-refractivity contribution in [3.63, 3.8) is 0 Å². The maximum Gasteiger partial charge on any atom is 0.0447 e. The van der Waals surface area contributed by atoms with Crippen molar-refractivity contribution in [2.24, 2.45) is 5.92 Å². The van der Waals surface area contributed by atoms with Crippen LogP contribution in [0.4, 0.5) is 5.69 Å². The molecule has 1 fully saturated rings. The second-order valence-corrected chi connectivity index (χ2v) is 5.78. The maximum absolute atomic E-state index is 3.55. The minimum atomic E-state index is 0.860. The molecule has 3 aliphatic rings. The number of rotatable bonds is 0. The maximum atomic E-state index is 3.55. The van der Waals surface area contributed by atoms with Gasteiger partial charge in [0.2, 0.25) is 0 Å². The minimum Gasteiger partial charge on any atom is -0.369 e. The Bertz CT molecular complexity index is 441. The lowest BCUT2D eigenvalue weighted by atomic mass is 9.82. The van der Waals surface area contributed by atoms with Crippen LogP contribution < -0.4 is 10.2 Å². The molecule has 1 saturated carbocycles. The summed E-state index contributed by atoms with van der Waals surface area (Å²) in [7, 11) is 0. The topological polar surface area (TPSA) is 15.3 Å². The van der Waals surface area contributed by atoms with Crippen molar-refractivity contribution in [1.29, 1.82) is 0 Å². The van der Waals surface area contributed by atoms with E-state index in [0.717, 1.165) is 24.9 Å². The average molecular weight is 228 g/mol. The number of nitrogens with one attached hydrogen (secondary N) is 1. The highest BCUT2D eigenvalue weighted by Crippen LogP contribution is 2.48. The first-order valence-corrected chi connectivity index (χ1v) is 7.01. The normalized spacial score (nSPS) is 30.7. The highest BCUT2D eigenvalue weighted by atomic mass is 15.2. The van der Waals surface area contributed by atoms with Crippen molar-refractivity contribution in [2.45, 2.75) is 31.7 Å². The Morgan fingerprint density at radius 2 is 2.24 bits per heavy atom. The SMILES string of the molecule is c1cc2c3c(c1)C1CCC[C@H]1CN3CCNC2. The molecule has 90 valence electrons. The smallest absolute Gasteiger partial charge is 0.0447 e. The number of fused-ring (bicyclic) bond motifs is 2. The Morgan fingerprint density at radius 3 is 3.24 bits per heavy atom. The molecule has 1 aliphatic carbocycles. The van der Waals surface area contributed by atoms with E-state index in [1.54, 1.807) is 11.3 Å². The highest BCUT2D eigenvalue weighted by molar-refractivity contribution is 5.64. The first-order chi connectivity index (χ1) is 8.43. The van der Waals surface area contributed by atoms with E-state index < -0.39 is 0 Å². The summed E-state index contributed by atoms with van der Waals surface area (Å²) in [4.78, 5) is 2.65. The van der Waals surface area contributed by atoms with Crippen molar-refractivity contribution in [3.05, 3.63) is 29.3 Å². The third kappa shape index (κ3) is 1.43. The van der Waals surface area contributed by atoms with Crippen LogP contribution in [0.3, 0.4) is 0 Å². The van der Waals surface area contributed by atoms with Crippen molar-refractivity contribution in [3.8, 4) is 0 Å². The van der Waals surface area contributed by atoms with E-state index in [1.807, 2.05) is 0 Å². The van der Waals surface area contributed by atoms with Gasteiger partial charge in [0.15, 0.2) is 0 Å². The van der Waals surface area contributed by atoms with Gasteiger partial charge in [-0.1, -0.05) is 24.6 Å². The van der Waals surface area contributed by atoms with Gasteiger partial charge in [-0.05, 0) is 35.8 Å². The Hall–Kier alpha value is -1.02. The molecule has 1 aromatic carbocycles. The van der Waals surface area contributed by atoms with Crippen LogP contribution in [0.25, 0.3) is 0 Å². The lowest BCUT2D eigenvalue weighted by molar-refractivity contribution is 0.454. The molecule has 2 nitrogen and oxygen atoms in total. The first kappa shape index (κ1) is 9.95. The van der Waals surface area contributed by atoms with Crippen LogP contribution in [0.15, 0.2) is 18.2 Å². The Balaban J connectivity index is 1.88. The predicted octanol–water partition coefficient (Wildman–Crippen LogP) is 2.49. The summed E-state index contributed by atoms with van der Waals surface area (Å²) in [6, 6.07) is 6.96. The molecule has 4 rings (SSSR count). The van der Waals surface area contributed by atoms with Crippen LogP contribution in [-0.2, 0) is 6.54 Å². The molecule has 0 bridgehead atoms. The quantitative estimate of drug-likeness (QED) is 0.734. The monoisotopic (exact) mass is 228 g/mol. The second kappa shape index (κ2) is 3.74. The molecule has 17 heavy (non-hydrogen) atoms. The van der Waals surface area contributed by atoms with Gasteiger partial charge in [0.1, 0.15) is 0 Å². The second-order valence-electron chi connectivity index (χ2n) is 5.78. The fourth-order valence-corrected chi connectivity index (χ4v) is 4.12. The molecule has 0 radical (unpaired) electrons. The highest BCUT2D eigenvalue weighted by Gasteiger charge is 2.37. The number of nitrogens with zero attached hydrogens (tertiary/aromatic N) is 1. The lowest BCUT2D eigenvalue weighted by Gasteiger charge is -2.38. The zero-order chi connectivity index (χ0) is 11.2. The van der Waals surface area contributed by atoms with Crippen LogP contribution >= 0.6 is 0 Å². The van der Waals surface area contributed by atoms with Gasteiger partial charge in [0, 0.05) is 31.9 Å². The van der Waals surface area contributed by atoms with E-state index in [0.29, 0.717) is 0 Å². The molecular weight excluding hydrogens is 208 g/mol. The third-order valence-electron chi connectivity index (χ3n) is 4.85. The van der Waals surface area contributed by atoms with E-state index in [9.17, 15) is 0 Å². The molecule has 1 aromatic rings. The van der Waals surface area contributed by atoms with Crippen LogP contribution in [0.5, 0.6) is 0 Å². The van der Waals surface area contributed by atoms with Crippen LogP contribution in [0, 0.1) is 5.92 Å². The fourth-order valence-electron chi connectivity index (χ4n) is 4.12. The van der Waals surface area contributed by atoms with Crippen molar-refractivity contribution < 1.29 is 0 Å². The van der Waals surface area contributed by atoms with Crippen LogP contribution in [0.2, 0.25) is 0 Å². The Morgan fingerprint density at radius 1 is 1.24 bits per heavy atom. The van der Waals surface area contributed by atoms with Crippen molar-refractivity contribution in [2.75, 3.05) is 24.5 Å². The molecular formula is C15H20N2. The standard InChI is InChI=1S/C15H20N2/c1-3-11-9-16-7-8-17-10-12-4-2-5-13(12)14(6-1)15(11)17/h1,3,6,12-13,16H,2,4-5,7-10H2/t12-,13?/m0/s1. The van der Waals surface area contributed by atoms with Crippen LogP contribution in [-0.4, -0.2) is 19.6 Å². The molecule has 2 aliphatic heterocycles. The van der Waals surface area contributed by atoms with Gasteiger partial charge in [0.25, 0.3) is 0 Å². The largest absolute Gasteiger partial charge is 0.369 e. The number of para-hydroxylation sites is 1. The van der Waals surface area contributed by atoms with E-state index in [2.05, 4.69) is 28.4 Å². The lowest BCUT2D eigenvalue weighted by Crippen LogP contribution is -2.38. The number of hydrogen-bond acceptors (Lipinski definition) is 2. The zero-order valence-corrected chi connectivity index (χ0v) is 10.3. The summed E-state index contributed by atoms with van der Waals surface area (Å²) < 4.78 is 0. The van der Waals surface area contributed by atoms with E-state index in [1.165, 1.54) is 37.9 Å². The summed E-state index contributed by atoms with van der Waals surface area (Å²) in [6.45, 7) is 4.67. The first-order valence-electron chi connectivity index (χ1n) is 7.01. The average Bonchev–Trinajstić information content (AvgIpc) is 2.73. The van der Waals surface area contributed by atoms with Crippen LogP contribution in [0.1, 0.15) is 36.3 Å². The molecule has 2 heteroatoms. The van der Waals surface area contributed by atoms with Gasteiger partial charge >= 0.3 is 0 Å². The molecule has 2 heterocycles. The Kier molecular flexibility index (Phi) is 2.19.